The average Bonchev–Trinajstić information content (AvgIpc) is 2.72. The standard InChI is InChI=1S/C13H17N3O4S/c17-16(18)12-3-1-2-4-13(12)21(19,20)15-10-5-6-11(15)9-14-8-7-10/h1-4,10-11,14H,5-9H2. The van der Waals surface area contributed by atoms with Gasteiger partial charge in [0.05, 0.1) is 4.92 Å². The molecule has 1 aromatic carbocycles. The number of para-hydroxylation sites is 1. The molecule has 7 nitrogen and oxygen atoms in total. The van der Waals surface area contributed by atoms with E-state index >= 15 is 0 Å². The Labute approximate surface area is 123 Å². The van der Waals surface area contributed by atoms with Crippen molar-refractivity contribution in [3.8, 4) is 0 Å². The van der Waals surface area contributed by atoms with Crippen LogP contribution in [0.25, 0.3) is 0 Å². The van der Waals surface area contributed by atoms with Crippen molar-refractivity contribution in [2.75, 3.05) is 13.1 Å². The third-order valence-electron chi connectivity index (χ3n) is 4.20. The smallest absolute Gasteiger partial charge is 0.289 e. The zero-order valence-electron chi connectivity index (χ0n) is 11.4. The molecule has 0 radical (unpaired) electrons. The Balaban J connectivity index is 2.07. The van der Waals surface area contributed by atoms with Gasteiger partial charge in [0.25, 0.3) is 5.69 Å². The highest BCUT2D eigenvalue weighted by Crippen LogP contribution is 2.36. The van der Waals surface area contributed by atoms with Crippen molar-refractivity contribution in [1.29, 1.82) is 0 Å². The number of sulfonamides is 1. The highest BCUT2D eigenvalue weighted by molar-refractivity contribution is 7.89. The van der Waals surface area contributed by atoms with Crippen LogP contribution in [0.5, 0.6) is 0 Å². The van der Waals surface area contributed by atoms with Gasteiger partial charge in [-0.1, -0.05) is 12.1 Å². The average molecular weight is 311 g/mol. The minimum absolute atomic E-state index is 0.0604. The number of nitrogens with one attached hydrogen (secondary N) is 1. The first-order chi connectivity index (χ1) is 10.0. The molecule has 0 saturated carbocycles. The maximum absolute atomic E-state index is 12.9. The summed E-state index contributed by atoms with van der Waals surface area (Å²) in [6.07, 6.45) is 2.38. The van der Waals surface area contributed by atoms with Crippen molar-refractivity contribution < 1.29 is 13.3 Å². The van der Waals surface area contributed by atoms with E-state index in [9.17, 15) is 18.5 Å². The maximum atomic E-state index is 12.9. The second kappa shape index (κ2) is 5.36. The molecular formula is C13H17N3O4S. The summed E-state index contributed by atoms with van der Waals surface area (Å²) < 4.78 is 27.3. The molecule has 114 valence electrons. The Morgan fingerprint density at radius 1 is 1.19 bits per heavy atom. The number of nitrogens with zero attached hydrogens (tertiary/aromatic N) is 2. The Morgan fingerprint density at radius 2 is 1.90 bits per heavy atom. The van der Waals surface area contributed by atoms with E-state index in [2.05, 4.69) is 5.32 Å². The second-order valence-electron chi connectivity index (χ2n) is 5.44. The Bertz CT molecular complexity index is 647. The molecule has 2 atom stereocenters. The van der Waals surface area contributed by atoms with Crippen LogP contribution in [0.2, 0.25) is 0 Å². The number of benzene rings is 1. The molecule has 8 heteroatoms. The van der Waals surface area contributed by atoms with E-state index in [4.69, 9.17) is 0 Å². The van der Waals surface area contributed by atoms with Gasteiger partial charge in [-0.05, 0) is 31.9 Å². The minimum Gasteiger partial charge on any atom is -0.315 e. The Hall–Kier alpha value is -1.51. The van der Waals surface area contributed by atoms with Crippen LogP contribution in [0.4, 0.5) is 5.69 Å². The maximum Gasteiger partial charge on any atom is 0.289 e. The van der Waals surface area contributed by atoms with Gasteiger partial charge in [-0.2, -0.15) is 4.31 Å². The first kappa shape index (κ1) is 14.4. The normalized spacial score (nSPS) is 26.5. The molecule has 3 rings (SSSR count). The van der Waals surface area contributed by atoms with Gasteiger partial charge in [0.15, 0.2) is 4.90 Å². The zero-order chi connectivity index (χ0) is 15.0. The Kier molecular flexibility index (Phi) is 3.68. The molecule has 0 aromatic heterocycles. The molecule has 0 amide bonds. The van der Waals surface area contributed by atoms with Crippen molar-refractivity contribution in [1.82, 2.24) is 9.62 Å². The number of nitro groups is 1. The molecule has 2 heterocycles. The Morgan fingerprint density at radius 3 is 2.67 bits per heavy atom. The van der Waals surface area contributed by atoms with Crippen molar-refractivity contribution in [2.24, 2.45) is 0 Å². The van der Waals surface area contributed by atoms with Gasteiger partial charge in [-0.25, -0.2) is 8.42 Å². The number of hydrogen-bond donors (Lipinski definition) is 1. The van der Waals surface area contributed by atoms with Crippen LogP contribution in [0.1, 0.15) is 19.3 Å². The van der Waals surface area contributed by atoms with Gasteiger partial charge in [-0.3, -0.25) is 10.1 Å². The van der Waals surface area contributed by atoms with Crippen LogP contribution in [-0.2, 0) is 10.0 Å². The van der Waals surface area contributed by atoms with Crippen molar-refractivity contribution in [2.45, 2.75) is 36.2 Å². The van der Waals surface area contributed by atoms with E-state index in [0.717, 1.165) is 25.8 Å². The summed E-state index contributed by atoms with van der Waals surface area (Å²) >= 11 is 0. The lowest BCUT2D eigenvalue weighted by molar-refractivity contribution is -0.387. The molecule has 2 aliphatic rings. The third kappa shape index (κ3) is 2.43. The van der Waals surface area contributed by atoms with Gasteiger partial charge >= 0.3 is 0 Å². The summed E-state index contributed by atoms with van der Waals surface area (Å²) in [5.41, 5.74) is -0.353. The number of nitro benzene ring substituents is 1. The highest BCUT2D eigenvalue weighted by atomic mass is 32.2. The summed E-state index contributed by atoms with van der Waals surface area (Å²) in [6, 6.07) is 5.40. The first-order valence-corrected chi connectivity index (χ1v) is 8.43. The zero-order valence-corrected chi connectivity index (χ0v) is 12.3. The lowest BCUT2D eigenvalue weighted by Gasteiger charge is -2.26. The minimum atomic E-state index is -3.85. The second-order valence-corrected chi connectivity index (χ2v) is 7.25. The molecular weight excluding hydrogens is 294 g/mol. The highest BCUT2D eigenvalue weighted by Gasteiger charge is 2.44. The van der Waals surface area contributed by atoms with Gasteiger partial charge in [0.1, 0.15) is 0 Å². The van der Waals surface area contributed by atoms with Crippen LogP contribution in [-0.4, -0.2) is 42.8 Å². The van der Waals surface area contributed by atoms with Crippen molar-refractivity contribution in [3.05, 3.63) is 34.4 Å². The van der Waals surface area contributed by atoms with E-state index in [0.29, 0.717) is 6.54 Å². The molecule has 0 spiro atoms. The van der Waals surface area contributed by atoms with Gasteiger partial charge in [0.2, 0.25) is 10.0 Å². The summed E-state index contributed by atoms with van der Waals surface area (Å²) in [5, 5.41) is 14.3. The molecule has 2 fully saturated rings. The fraction of sp³-hybridized carbons (Fsp3) is 0.538. The van der Waals surface area contributed by atoms with Gasteiger partial charge in [-0.15, -0.1) is 0 Å². The largest absolute Gasteiger partial charge is 0.315 e. The number of hydrogen-bond acceptors (Lipinski definition) is 5. The van der Waals surface area contributed by atoms with E-state index in [1.807, 2.05) is 0 Å². The third-order valence-corrected chi connectivity index (χ3v) is 6.26. The summed E-state index contributed by atoms with van der Waals surface area (Å²) in [5.74, 6) is 0. The SMILES string of the molecule is O=[N+]([O-])c1ccccc1S(=O)(=O)N1C2CCNCC1CC2. The molecule has 21 heavy (non-hydrogen) atoms. The van der Waals surface area contributed by atoms with Crippen molar-refractivity contribution in [3.63, 3.8) is 0 Å². The topological polar surface area (TPSA) is 92.5 Å². The molecule has 2 saturated heterocycles. The molecule has 2 bridgehead atoms. The molecule has 1 N–H and O–H groups in total. The van der Waals surface area contributed by atoms with Crippen LogP contribution < -0.4 is 5.32 Å². The summed E-state index contributed by atoms with van der Waals surface area (Å²) in [7, 11) is -3.85. The monoisotopic (exact) mass is 311 g/mol. The molecule has 2 unspecified atom stereocenters. The predicted molar refractivity (Wildman–Crippen MR) is 76.4 cm³/mol. The summed E-state index contributed by atoms with van der Waals surface area (Å²) in [6.45, 7) is 1.39. The van der Waals surface area contributed by atoms with E-state index < -0.39 is 14.9 Å². The molecule has 2 aliphatic heterocycles. The fourth-order valence-electron chi connectivity index (χ4n) is 3.27. The van der Waals surface area contributed by atoms with Crippen LogP contribution in [0.3, 0.4) is 0 Å². The van der Waals surface area contributed by atoms with E-state index in [1.54, 1.807) is 0 Å². The number of fused-ring (bicyclic) bond motifs is 2. The predicted octanol–water partition coefficient (Wildman–Crippen LogP) is 1.11. The van der Waals surface area contributed by atoms with Crippen molar-refractivity contribution >= 4 is 15.7 Å². The molecule has 1 aromatic rings. The van der Waals surface area contributed by atoms with E-state index in [-0.39, 0.29) is 22.7 Å². The van der Waals surface area contributed by atoms with Crippen LogP contribution >= 0.6 is 0 Å². The van der Waals surface area contributed by atoms with Crippen LogP contribution in [0.15, 0.2) is 29.2 Å². The van der Waals surface area contributed by atoms with Crippen LogP contribution in [0, 0.1) is 10.1 Å². The first-order valence-electron chi connectivity index (χ1n) is 6.99. The summed E-state index contributed by atoms with van der Waals surface area (Å²) in [4.78, 5) is 10.3. The van der Waals surface area contributed by atoms with E-state index in [1.165, 1.54) is 28.6 Å². The lowest BCUT2D eigenvalue weighted by atomic mass is 10.1. The lowest BCUT2D eigenvalue weighted by Crippen LogP contribution is -2.42. The quantitative estimate of drug-likeness (QED) is 0.667. The molecule has 0 aliphatic carbocycles. The van der Waals surface area contributed by atoms with Gasteiger partial charge < -0.3 is 5.32 Å². The van der Waals surface area contributed by atoms with Gasteiger partial charge in [0, 0.05) is 24.7 Å². The fourth-order valence-corrected chi connectivity index (χ4v) is 5.33. The number of rotatable bonds is 3.